The number of benzene rings is 1. The van der Waals surface area contributed by atoms with Crippen LogP contribution in [0, 0.1) is 0 Å². The number of nitrogens with one attached hydrogen (secondary N) is 1. The molecule has 1 heterocycles. The molecule has 128 valence electrons. The van der Waals surface area contributed by atoms with E-state index >= 15 is 0 Å². The molecule has 7 heteroatoms. The summed E-state index contributed by atoms with van der Waals surface area (Å²) >= 11 is 0. The molecule has 0 bridgehead atoms. The minimum atomic E-state index is -4.55. The fourth-order valence-electron chi connectivity index (χ4n) is 3.05. The van der Waals surface area contributed by atoms with Crippen molar-refractivity contribution in [3.8, 4) is 0 Å². The molecule has 0 fully saturated rings. The van der Waals surface area contributed by atoms with Crippen LogP contribution >= 0.6 is 0 Å². The van der Waals surface area contributed by atoms with E-state index in [9.17, 15) is 18.0 Å². The molecule has 1 amide bonds. The van der Waals surface area contributed by atoms with Crippen LogP contribution in [0.5, 0.6) is 0 Å². The van der Waals surface area contributed by atoms with Crippen LogP contribution in [0.2, 0.25) is 0 Å². The van der Waals surface area contributed by atoms with Gasteiger partial charge in [0.05, 0.1) is 23.9 Å². The van der Waals surface area contributed by atoms with Crippen molar-refractivity contribution in [2.24, 2.45) is 0 Å². The maximum atomic E-state index is 12.9. The molecule has 3 rings (SSSR count). The van der Waals surface area contributed by atoms with Gasteiger partial charge in [-0.25, -0.2) is 0 Å². The number of amides is 1. The fraction of sp³-hybridized carbons (Fsp3) is 0.412. The van der Waals surface area contributed by atoms with E-state index in [1.165, 1.54) is 29.5 Å². The molecule has 4 nitrogen and oxygen atoms in total. The van der Waals surface area contributed by atoms with E-state index in [0.29, 0.717) is 6.54 Å². The van der Waals surface area contributed by atoms with Gasteiger partial charge in [0, 0.05) is 12.2 Å². The molecule has 1 aliphatic rings. The van der Waals surface area contributed by atoms with Gasteiger partial charge in [0.2, 0.25) is 0 Å². The van der Waals surface area contributed by atoms with Crippen molar-refractivity contribution in [1.82, 2.24) is 15.1 Å². The van der Waals surface area contributed by atoms with Crippen LogP contribution in [0.3, 0.4) is 0 Å². The third kappa shape index (κ3) is 3.44. The molecule has 0 saturated carbocycles. The molecule has 2 aromatic rings. The average Bonchev–Trinajstić information content (AvgIpc) is 2.97. The Kier molecular flexibility index (Phi) is 4.59. The lowest BCUT2D eigenvalue weighted by Gasteiger charge is -2.15. The number of hydrogen-bond acceptors (Lipinski definition) is 2. The maximum Gasteiger partial charge on any atom is 0.417 e. The molecule has 1 N–H and O–H groups in total. The number of alkyl halides is 3. The van der Waals surface area contributed by atoms with Gasteiger partial charge in [0.1, 0.15) is 0 Å². The number of halogens is 3. The number of carbonyl (C=O) groups excluding carboxylic acids is 1. The van der Waals surface area contributed by atoms with Crippen molar-refractivity contribution < 1.29 is 18.0 Å². The molecule has 0 unspecified atom stereocenters. The van der Waals surface area contributed by atoms with Crippen LogP contribution in [0.4, 0.5) is 13.2 Å². The van der Waals surface area contributed by atoms with Gasteiger partial charge in [-0.3, -0.25) is 9.48 Å². The zero-order valence-corrected chi connectivity index (χ0v) is 13.1. The van der Waals surface area contributed by atoms with Crippen molar-refractivity contribution in [2.75, 3.05) is 6.54 Å². The minimum Gasteiger partial charge on any atom is -0.350 e. The normalized spacial score (nSPS) is 14.3. The predicted molar refractivity (Wildman–Crippen MR) is 82.6 cm³/mol. The van der Waals surface area contributed by atoms with Crippen molar-refractivity contribution in [3.63, 3.8) is 0 Å². The summed E-state index contributed by atoms with van der Waals surface area (Å²) in [5.41, 5.74) is 1.13. The topological polar surface area (TPSA) is 46.9 Å². The van der Waals surface area contributed by atoms with Gasteiger partial charge in [-0.2, -0.15) is 18.3 Å². The summed E-state index contributed by atoms with van der Waals surface area (Å²) in [6.45, 7) is 0.689. The number of carbonyl (C=O) groups is 1. The molecule has 1 aromatic heterocycles. The van der Waals surface area contributed by atoms with Crippen molar-refractivity contribution in [3.05, 3.63) is 52.8 Å². The Morgan fingerprint density at radius 1 is 1.21 bits per heavy atom. The molecular formula is C17H18F3N3O. The monoisotopic (exact) mass is 337 g/mol. The van der Waals surface area contributed by atoms with E-state index in [0.717, 1.165) is 31.7 Å². The van der Waals surface area contributed by atoms with Crippen LogP contribution < -0.4 is 5.32 Å². The summed E-state index contributed by atoms with van der Waals surface area (Å²) in [6, 6.07) is 4.80. The highest BCUT2D eigenvalue weighted by atomic mass is 19.4. The second-order valence-corrected chi connectivity index (χ2v) is 5.85. The smallest absolute Gasteiger partial charge is 0.350 e. The number of fused-ring (bicyclic) bond motifs is 1. The van der Waals surface area contributed by atoms with Gasteiger partial charge in [-0.1, -0.05) is 12.1 Å². The van der Waals surface area contributed by atoms with Crippen LogP contribution in [0.1, 0.15) is 40.0 Å². The molecule has 1 aliphatic carbocycles. The van der Waals surface area contributed by atoms with Gasteiger partial charge < -0.3 is 5.32 Å². The first-order valence-corrected chi connectivity index (χ1v) is 7.95. The Morgan fingerprint density at radius 2 is 1.96 bits per heavy atom. The Morgan fingerprint density at radius 3 is 2.75 bits per heavy atom. The van der Waals surface area contributed by atoms with Crippen molar-refractivity contribution in [2.45, 2.75) is 38.4 Å². The quantitative estimate of drug-likeness (QED) is 0.931. The van der Waals surface area contributed by atoms with E-state index in [1.54, 1.807) is 0 Å². The lowest BCUT2D eigenvalue weighted by atomic mass is 9.98. The molecule has 0 spiro atoms. The summed E-state index contributed by atoms with van der Waals surface area (Å²) in [7, 11) is 0. The summed E-state index contributed by atoms with van der Waals surface area (Å²) in [5, 5.41) is 6.87. The Hall–Kier alpha value is -2.31. The average molecular weight is 337 g/mol. The molecule has 24 heavy (non-hydrogen) atoms. The first-order chi connectivity index (χ1) is 11.5. The summed E-state index contributed by atoms with van der Waals surface area (Å²) in [5.74, 6) is -0.719. The SMILES string of the molecule is O=C(NCCn1ncc2c1CCCC2)c1ccccc1C(F)(F)F. The first-order valence-electron chi connectivity index (χ1n) is 7.95. The second-order valence-electron chi connectivity index (χ2n) is 5.85. The lowest BCUT2D eigenvalue weighted by Crippen LogP contribution is -2.30. The van der Waals surface area contributed by atoms with E-state index in [-0.39, 0.29) is 12.1 Å². The molecule has 1 aromatic carbocycles. The standard InChI is InChI=1S/C17H18F3N3O/c18-17(19,20)14-7-3-2-6-13(14)16(24)21-9-10-23-15-8-4-1-5-12(15)11-22-23/h2-3,6-7,11H,1,4-5,8-10H2,(H,21,24). The molecule has 0 atom stereocenters. The molecule has 0 aliphatic heterocycles. The molecule has 0 radical (unpaired) electrons. The van der Waals surface area contributed by atoms with Gasteiger partial charge >= 0.3 is 6.18 Å². The van der Waals surface area contributed by atoms with Crippen molar-refractivity contribution >= 4 is 5.91 Å². The Labute approximate surface area is 137 Å². The van der Waals surface area contributed by atoms with E-state index in [1.807, 2.05) is 10.9 Å². The van der Waals surface area contributed by atoms with Crippen LogP contribution in [-0.4, -0.2) is 22.2 Å². The maximum absolute atomic E-state index is 12.9. The predicted octanol–water partition coefficient (Wildman–Crippen LogP) is 3.21. The summed E-state index contributed by atoms with van der Waals surface area (Å²) in [6.07, 6.45) is 1.54. The second kappa shape index (κ2) is 6.67. The summed E-state index contributed by atoms with van der Waals surface area (Å²) < 4.78 is 40.7. The number of aryl methyl sites for hydroxylation is 1. The highest BCUT2D eigenvalue weighted by Gasteiger charge is 2.34. The van der Waals surface area contributed by atoms with E-state index in [4.69, 9.17) is 0 Å². The van der Waals surface area contributed by atoms with Crippen LogP contribution in [0.15, 0.2) is 30.5 Å². The summed E-state index contributed by atoms with van der Waals surface area (Å²) in [4.78, 5) is 12.1. The Bertz CT molecular complexity index is 737. The molecule has 0 saturated heterocycles. The first kappa shape index (κ1) is 16.5. The zero-order chi connectivity index (χ0) is 17.2. The molecular weight excluding hydrogens is 319 g/mol. The largest absolute Gasteiger partial charge is 0.417 e. The number of aromatic nitrogens is 2. The fourth-order valence-corrected chi connectivity index (χ4v) is 3.05. The van der Waals surface area contributed by atoms with Crippen LogP contribution in [-0.2, 0) is 25.6 Å². The number of hydrogen-bond donors (Lipinski definition) is 1. The Balaban J connectivity index is 1.64. The van der Waals surface area contributed by atoms with Gasteiger partial charge in [0.15, 0.2) is 0 Å². The highest BCUT2D eigenvalue weighted by molar-refractivity contribution is 5.95. The van der Waals surface area contributed by atoms with Gasteiger partial charge in [-0.05, 0) is 43.4 Å². The highest BCUT2D eigenvalue weighted by Crippen LogP contribution is 2.31. The number of nitrogens with zero attached hydrogens (tertiary/aromatic N) is 2. The van der Waals surface area contributed by atoms with Crippen molar-refractivity contribution in [1.29, 1.82) is 0 Å². The minimum absolute atomic E-state index is 0.235. The van der Waals surface area contributed by atoms with E-state index in [2.05, 4.69) is 10.4 Å². The van der Waals surface area contributed by atoms with E-state index < -0.39 is 17.6 Å². The zero-order valence-electron chi connectivity index (χ0n) is 13.1. The lowest BCUT2D eigenvalue weighted by molar-refractivity contribution is -0.137. The van der Waals surface area contributed by atoms with Gasteiger partial charge in [0.25, 0.3) is 5.91 Å². The van der Waals surface area contributed by atoms with Crippen LogP contribution in [0.25, 0.3) is 0 Å². The van der Waals surface area contributed by atoms with Gasteiger partial charge in [-0.15, -0.1) is 0 Å². The third-order valence-corrected chi connectivity index (χ3v) is 4.23. The third-order valence-electron chi connectivity index (χ3n) is 4.23. The number of rotatable bonds is 4.